The molecule has 0 saturated heterocycles. The normalized spacial score (nSPS) is 11.6. The zero-order chi connectivity index (χ0) is 17.5. The summed E-state index contributed by atoms with van der Waals surface area (Å²) in [5.41, 5.74) is 2.31. The van der Waals surface area contributed by atoms with Crippen LogP contribution >= 0.6 is 0 Å². The number of rotatable bonds is 3. The molecule has 0 N–H and O–H groups in total. The lowest BCUT2D eigenvalue weighted by atomic mass is 10.1. The Bertz CT molecular complexity index is 1090. The maximum atomic E-state index is 12.6. The summed E-state index contributed by atoms with van der Waals surface area (Å²) in [6.45, 7) is 5.51. The van der Waals surface area contributed by atoms with E-state index in [4.69, 9.17) is 8.60 Å². The molecule has 124 valence electrons. The molecule has 3 aromatic rings. The standard InChI is InChI=1S/C18H16O5S/c1-11-4-5-12(2)18(13(11)3)23-24(20,21)15-7-8-16-14(10-15)6-9-17(19)22-16/h4-10H,1-3H3. The molecule has 0 amide bonds. The molecular weight excluding hydrogens is 328 g/mol. The topological polar surface area (TPSA) is 73.6 Å². The molecule has 0 aliphatic carbocycles. The fourth-order valence-electron chi connectivity index (χ4n) is 2.42. The van der Waals surface area contributed by atoms with Gasteiger partial charge in [-0.1, -0.05) is 12.1 Å². The summed E-state index contributed by atoms with van der Waals surface area (Å²) in [5.74, 6) is 0.342. The van der Waals surface area contributed by atoms with Crippen LogP contribution in [0.4, 0.5) is 0 Å². The van der Waals surface area contributed by atoms with E-state index in [2.05, 4.69) is 0 Å². The molecule has 5 nitrogen and oxygen atoms in total. The molecule has 1 heterocycles. The minimum atomic E-state index is -4.00. The maximum Gasteiger partial charge on any atom is 0.339 e. The molecule has 0 spiro atoms. The average Bonchev–Trinajstić information content (AvgIpc) is 2.54. The lowest BCUT2D eigenvalue weighted by molar-refractivity contribution is 0.482. The van der Waals surface area contributed by atoms with Gasteiger partial charge in [0.15, 0.2) is 0 Å². The molecule has 3 rings (SSSR count). The fourth-order valence-corrected chi connectivity index (χ4v) is 3.50. The van der Waals surface area contributed by atoms with E-state index < -0.39 is 15.7 Å². The lowest BCUT2D eigenvalue weighted by Gasteiger charge is -2.14. The molecule has 1 aromatic heterocycles. The van der Waals surface area contributed by atoms with Crippen molar-refractivity contribution >= 4 is 21.1 Å². The largest absolute Gasteiger partial charge is 0.423 e. The highest BCUT2D eigenvalue weighted by Gasteiger charge is 2.20. The van der Waals surface area contributed by atoms with Crippen molar-refractivity contribution in [3.05, 3.63) is 69.6 Å². The van der Waals surface area contributed by atoms with Gasteiger partial charge < -0.3 is 8.60 Å². The van der Waals surface area contributed by atoms with Gasteiger partial charge in [-0.3, -0.25) is 0 Å². The highest BCUT2D eigenvalue weighted by Crippen LogP contribution is 2.29. The van der Waals surface area contributed by atoms with Crippen LogP contribution in [0, 0.1) is 20.8 Å². The second-order valence-electron chi connectivity index (χ2n) is 5.65. The van der Waals surface area contributed by atoms with Crippen LogP contribution < -0.4 is 9.81 Å². The van der Waals surface area contributed by atoms with Gasteiger partial charge >= 0.3 is 15.7 Å². The molecule has 6 heteroatoms. The average molecular weight is 344 g/mol. The van der Waals surface area contributed by atoms with Crippen molar-refractivity contribution < 1.29 is 17.0 Å². The molecule has 0 fully saturated rings. The van der Waals surface area contributed by atoms with Crippen LogP contribution in [0.3, 0.4) is 0 Å². The summed E-state index contributed by atoms with van der Waals surface area (Å²) in [6.07, 6.45) is 0. The van der Waals surface area contributed by atoms with Crippen LogP contribution in [-0.4, -0.2) is 8.42 Å². The first-order valence-corrected chi connectivity index (χ1v) is 8.74. The second-order valence-corrected chi connectivity index (χ2v) is 7.19. The van der Waals surface area contributed by atoms with Gasteiger partial charge in [-0.15, -0.1) is 0 Å². The van der Waals surface area contributed by atoms with E-state index in [1.807, 2.05) is 26.0 Å². The molecule has 0 aliphatic heterocycles. The predicted octanol–water partition coefficient (Wildman–Crippen LogP) is 3.49. The third-order valence-corrected chi connectivity index (χ3v) is 5.16. The number of hydrogen-bond donors (Lipinski definition) is 0. The zero-order valence-corrected chi connectivity index (χ0v) is 14.3. The minimum absolute atomic E-state index is 0.00385. The molecule has 0 saturated carbocycles. The van der Waals surface area contributed by atoms with E-state index in [1.165, 1.54) is 30.3 Å². The predicted molar refractivity (Wildman–Crippen MR) is 91.0 cm³/mol. The van der Waals surface area contributed by atoms with Crippen molar-refractivity contribution in [1.29, 1.82) is 0 Å². The Kier molecular flexibility index (Phi) is 3.93. The molecule has 0 radical (unpaired) electrons. The van der Waals surface area contributed by atoms with E-state index in [0.29, 0.717) is 16.7 Å². The van der Waals surface area contributed by atoms with Crippen molar-refractivity contribution in [2.24, 2.45) is 0 Å². The third kappa shape index (κ3) is 2.92. The van der Waals surface area contributed by atoms with Crippen LogP contribution in [0.5, 0.6) is 5.75 Å². The highest BCUT2D eigenvalue weighted by molar-refractivity contribution is 7.87. The fraction of sp³-hybridized carbons (Fsp3) is 0.167. The number of aryl methyl sites for hydroxylation is 2. The van der Waals surface area contributed by atoms with Gasteiger partial charge in [0.05, 0.1) is 0 Å². The van der Waals surface area contributed by atoms with E-state index in [9.17, 15) is 13.2 Å². The van der Waals surface area contributed by atoms with Crippen LogP contribution in [0.1, 0.15) is 16.7 Å². The summed E-state index contributed by atoms with van der Waals surface area (Å²) in [6, 6.07) is 10.7. The van der Waals surface area contributed by atoms with Gasteiger partial charge in [0.25, 0.3) is 0 Å². The molecule has 2 aromatic carbocycles. The molecule has 24 heavy (non-hydrogen) atoms. The number of benzene rings is 2. The Morgan fingerprint density at radius 2 is 1.62 bits per heavy atom. The Labute approximate surface area is 139 Å². The van der Waals surface area contributed by atoms with Crippen LogP contribution in [0.25, 0.3) is 11.0 Å². The summed E-state index contributed by atoms with van der Waals surface area (Å²) >= 11 is 0. The van der Waals surface area contributed by atoms with Gasteiger partial charge in [0, 0.05) is 11.5 Å². The lowest BCUT2D eigenvalue weighted by Crippen LogP contribution is -2.12. The maximum absolute atomic E-state index is 12.6. The summed E-state index contributed by atoms with van der Waals surface area (Å²) in [7, 11) is -4.00. The van der Waals surface area contributed by atoms with Gasteiger partial charge in [0.2, 0.25) is 0 Å². The van der Waals surface area contributed by atoms with Crippen molar-refractivity contribution in [2.45, 2.75) is 25.7 Å². The SMILES string of the molecule is Cc1ccc(C)c(OS(=O)(=O)c2ccc3oc(=O)ccc3c2)c1C. The van der Waals surface area contributed by atoms with Crippen LogP contribution in [0.15, 0.2) is 56.6 Å². The monoisotopic (exact) mass is 344 g/mol. The Balaban J connectivity index is 2.07. The summed E-state index contributed by atoms with van der Waals surface area (Å²) < 4.78 is 35.6. The van der Waals surface area contributed by atoms with E-state index >= 15 is 0 Å². The van der Waals surface area contributed by atoms with Gasteiger partial charge in [-0.05, 0) is 61.7 Å². The van der Waals surface area contributed by atoms with Crippen molar-refractivity contribution in [2.75, 3.05) is 0 Å². The van der Waals surface area contributed by atoms with Crippen LogP contribution in [-0.2, 0) is 10.1 Å². The molecule has 0 unspecified atom stereocenters. The van der Waals surface area contributed by atoms with E-state index in [1.54, 1.807) is 6.92 Å². The van der Waals surface area contributed by atoms with Crippen LogP contribution in [0.2, 0.25) is 0 Å². The quantitative estimate of drug-likeness (QED) is 0.537. The van der Waals surface area contributed by atoms with Crippen molar-refractivity contribution in [3.63, 3.8) is 0 Å². The smallest absolute Gasteiger partial charge is 0.339 e. The summed E-state index contributed by atoms with van der Waals surface area (Å²) in [5, 5.41) is 0.511. The second kappa shape index (κ2) is 5.79. The van der Waals surface area contributed by atoms with Gasteiger partial charge in [0.1, 0.15) is 16.2 Å². The third-order valence-electron chi connectivity index (χ3n) is 3.95. The first-order chi connectivity index (χ1) is 11.3. The Hall–Kier alpha value is -2.60. The number of hydrogen-bond acceptors (Lipinski definition) is 5. The van der Waals surface area contributed by atoms with Gasteiger partial charge in [-0.2, -0.15) is 8.42 Å². The first kappa shape index (κ1) is 16.3. The first-order valence-electron chi connectivity index (χ1n) is 7.33. The molecule has 0 aliphatic rings. The molecule has 0 bridgehead atoms. The Morgan fingerprint density at radius 3 is 2.38 bits per heavy atom. The molecule has 0 atom stereocenters. The zero-order valence-electron chi connectivity index (χ0n) is 13.5. The van der Waals surface area contributed by atoms with Gasteiger partial charge in [-0.25, -0.2) is 4.79 Å². The number of fused-ring (bicyclic) bond motifs is 1. The highest BCUT2D eigenvalue weighted by atomic mass is 32.2. The van der Waals surface area contributed by atoms with E-state index in [-0.39, 0.29) is 4.90 Å². The summed E-state index contributed by atoms with van der Waals surface area (Å²) in [4.78, 5) is 11.2. The van der Waals surface area contributed by atoms with Crippen molar-refractivity contribution in [3.8, 4) is 5.75 Å². The molecular formula is C18H16O5S. The Morgan fingerprint density at radius 1 is 0.917 bits per heavy atom. The van der Waals surface area contributed by atoms with Crippen molar-refractivity contribution in [1.82, 2.24) is 0 Å². The minimum Gasteiger partial charge on any atom is -0.423 e. The van der Waals surface area contributed by atoms with E-state index in [0.717, 1.165) is 16.7 Å².